The van der Waals surface area contributed by atoms with Gasteiger partial charge >= 0.3 is 0 Å². The molecule has 5 aromatic rings. The lowest BCUT2D eigenvalue weighted by Gasteiger charge is -2.07. The average molecular weight is 400 g/mol. The van der Waals surface area contributed by atoms with Gasteiger partial charge in [0.15, 0.2) is 0 Å². The Morgan fingerprint density at radius 2 is 1.90 bits per heavy atom. The van der Waals surface area contributed by atoms with Crippen molar-refractivity contribution in [3.05, 3.63) is 98.4 Å². The molecule has 0 aliphatic rings. The van der Waals surface area contributed by atoms with E-state index in [0.717, 1.165) is 11.1 Å². The third-order valence-electron chi connectivity index (χ3n) is 4.87. The average Bonchev–Trinajstić information content (AvgIpc) is 3.16. The number of thiophene rings is 1. The fourth-order valence-corrected chi connectivity index (χ4v) is 4.33. The van der Waals surface area contributed by atoms with Gasteiger partial charge in [-0.3, -0.25) is 18.6 Å². The molecule has 5 rings (SSSR count). The fourth-order valence-electron chi connectivity index (χ4n) is 3.35. The van der Waals surface area contributed by atoms with E-state index in [1.54, 1.807) is 18.3 Å². The van der Waals surface area contributed by atoms with Crippen molar-refractivity contribution in [1.29, 1.82) is 0 Å². The van der Waals surface area contributed by atoms with Crippen molar-refractivity contribution >= 4 is 27.2 Å². The van der Waals surface area contributed by atoms with Gasteiger partial charge in [-0.05, 0) is 24.6 Å². The predicted octanol–water partition coefficient (Wildman–Crippen LogP) is 3.49. The Labute approximate surface area is 169 Å². The molecule has 0 saturated heterocycles. The number of hydrogen-bond acceptors (Lipinski definition) is 5. The molecule has 0 fully saturated rings. The van der Waals surface area contributed by atoms with Crippen molar-refractivity contribution in [2.45, 2.75) is 13.5 Å². The minimum absolute atomic E-state index is 0.131. The summed E-state index contributed by atoms with van der Waals surface area (Å²) in [5, 5.41) is 1.97. The molecule has 0 spiro atoms. The van der Waals surface area contributed by atoms with Crippen LogP contribution in [0.25, 0.3) is 27.0 Å². The molecule has 4 aromatic heterocycles. The van der Waals surface area contributed by atoms with Gasteiger partial charge in [-0.15, -0.1) is 11.3 Å². The van der Waals surface area contributed by atoms with Crippen molar-refractivity contribution in [2.24, 2.45) is 0 Å². The largest absolute Gasteiger partial charge is 0.292 e. The maximum atomic E-state index is 13.0. The molecule has 6 nitrogen and oxygen atoms in total. The molecular formula is C22H16N4O2S. The highest BCUT2D eigenvalue weighted by molar-refractivity contribution is 7.17. The minimum Gasteiger partial charge on any atom is -0.292 e. The molecule has 0 atom stereocenters. The molecule has 0 amide bonds. The van der Waals surface area contributed by atoms with E-state index in [-0.39, 0.29) is 17.7 Å². The molecule has 0 saturated carbocycles. The van der Waals surface area contributed by atoms with Crippen LogP contribution in [0, 0.1) is 6.92 Å². The molecule has 7 heteroatoms. The molecule has 0 N–H and O–H groups in total. The molecule has 1 aromatic carbocycles. The number of aryl methyl sites for hydroxylation is 1. The summed E-state index contributed by atoms with van der Waals surface area (Å²) in [6.45, 7) is 2.24. The number of fused-ring (bicyclic) bond motifs is 2. The van der Waals surface area contributed by atoms with Crippen LogP contribution in [0.15, 0.2) is 76.0 Å². The molecule has 0 unspecified atom stereocenters. The Morgan fingerprint density at radius 3 is 2.72 bits per heavy atom. The van der Waals surface area contributed by atoms with Crippen molar-refractivity contribution in [2.75, 3.05) is 0 Å². The third kappa shape index (κ3) is 3.05. The quantitative estimate of drug-likeness (QED) is 0.465. The van der Waals surface area contributed by atoms with Crippen LogP contribution in [0.4, 0.5) is 0 Å². The molecular weight excluding hydrogens is 384 g/mol. The van der Waals surface area contributed by atoms with Crippen molar-refractivity contribution in [3.63, 3.8) is 0 Å². The van der Waals surface area contributed by atoms with E-state index >= 15 is 0 Å². The highest BCUT2D eigenvalue weighted by atomic mass is 32.1. The summed E-state index contributed by atoms with van der Waals surface area (Å²) in [7, 11) is 0. The van der Waals surface area contributed by atoms with E-state index in [9.17, 15) is 9.59 Å². The predicted molar refractivity (Wildman–Crippen MR) is 115 cm³/mol. The van der Waals surface area contributed by atoms with Crippen LogP contribution in [0.2, 0.25) is 0 Å². The first-order chi connectivity index (χ1) is 14.1. The Kier molecular flexibility index (Phi) is 4.10. The maximum absolute atomic E-state index is 13.0. The van der Waals surface area contributed by atoms with Crippen LogP contribution < -0.4 is 11.1 Å². The smallest absolute Gasteiger partial charge is 0.271 e. The van der Waals surface area contributed by atoms with Crippen LogP contribution in [0.1, 0.15) is 11.3 Å². The molecule has 0 radical (unpaired) electrons. The third-order valence-corrected chi connectivity index (χ3v) is 5.82. The van der Waals surface area contributed by atoms with Gasteiger partial charge in [-0.2, -0.15) is 0 Å². The minimum atomic E-state index is -0.175. The van der Waals surface area contributed by atoms with Gasteiger partial charge in [0.1, 0.15) is 10.3 Å². The van der Waals surface area contributed by atoms with Crippen LogP contribution in [-0.2, 0) is 6.54 Å². The van der Waals surface area contributed by atoms with E-state index in [1.165, 1.54) is 38.3 Å². The zero-order valence-electron chi connectivity index (χ0n) is 15.6. The summed E-state index contributed by atoms with van der Waals surface area (Å²) < 4.78 is 3.57. The van der Waals surface area contributed by atoms with Gasteiger partial charge in [0.2, 0.25) is 0 Å². The van der Waals surface area contributed by atoms with Gasteiger partial charge in [-0.1, -0.05) is 35.9 Å². The normalized spacial score (nSPS) is 11.3. The van der Waals surface area contributed by atoms with Gasteiger partial charge in [-0.25, -0.2) is 9.97 Å². The second-order valence-electron chi connectivity index (χ2n) is 6.89. The summed E-state index contributed by atoms with van der Waals surface area (Å²) in [4.78, 5) is 34.3. The monoisotopic (exact) mass is 400 g/mol. The first-order valence-electron chi connectivity index (χ1n) is 9.11. The Morgan fingerprint density at radius 1 is 1.07 bits per heavy atom. The van der Waals surface area contributed by atoms with Crippen molar-refractivity contribution in [1.82, 2.24) is 18.9 Å². The molecule has 142 valence electrons. The van der Waals surface area contributed by atoms with Gasteiger partial charge < -0.3 is 0 Å². The van der Waals surface area contributed by atoms with E-state index in [1.807, 2.05) is 42.6 Å². The Balaban J connectivity index is 1.57. The topological polar surface area (TPSA) is 69.3 Å². The summed E-state index contributed by atoms with van der Waals surface area (Å²) in [6.07, 6.45) is 3.20. The van der Waals surface area contributed by atoms with Gasteiger partial charge in [0.25, 0.3) is 11.1 Å². The van der Waals surface area contributed by atoms with Crippen LogP contribution >= 0.6 is 11.3 Å². The van der Waals surface area contributed by atoms with Crippen LogP contribution in [0.3, 0.4) is 0 Å². The molecule has 4 heterocycles. The van der Waals surface area contributed by atoms with Crippen molar-refractivity contribution < 1.29 is 0 Å². The SMILES string of the molecule is Cc1ccc(-c2csc3c(=O)n(Cc4cc(=O)n5ccccc5n4)cnc23)cc1. The summed E-state index contributed by atoms with van der Waals surface area (Å²) in [5.74, 6) is 0. The number of rotatable bonds is 3. The Bertz CT molecular complexity index is 1480. The summed E-state index contributed by atoms with van der Waals surface area (Å²) in [6, 6.07) is 15.0. The van der Waals surface area contributed by atoms with Crippen LogP contribution in [0.5, 0.6) is 0 Å². The highest BCUT2D eigenvalue weighted by Gasteiger charge is 2.13. The van der Waals surface area contributed by atoms with E-state index < -0.39 is 0 Å². The molecule has 0 aliphatic carbocycles. The Hall–Kier alpha value is -3.58. The van der Waals surface area contributed by atoms with E-state index in [4.69, 9.17) is 0 Å². The second-order valence-corrected chi connectivity index (χ2v) is 7.76. The zero-order chi connectivity index (χ0) is 20.0. The van der Waals surface area contributed by atoms with Crippen LogP contribution in [-0.4, -0.2) is 18.9 Å². The lowest BCUT2D eigenvalue weighted by atomic mass is 10.1. The lowest BCUT2D eigenvalue weighted by molar-refractivity contribution is 0.728. The van der Waals surface area contributed by atoms with Gasteiger partial charge in [0.05, 0.1) is 24.1 Å². The lowest BCUT2D eigenvalue weighted by Crippen LogP contribution is -2.23. The first kappa shape index (κ1) is 17.5. The molecule has 0 bridgehead atoms. The maximum Gasteiger partial charge on any atom is 0.271 e. The first-order valence-corrected chi connectivity index (χ1v) is 9.99. The number of benzene rings is 1. The second kappa shape index (κ2) is 6.79. The fraction of sp³-hybridized carbons (Fsp3) is 0.0909. The molecule has 29 heavy (non-hydrogen) atoms. The number of pyridine rings is 1. The van der Waals surface area contributed by atoms with E-state index in [0.29, 0.717) is 21.6 Å². The summed E-state index contributed by atoms with van der Waals surface area (Å²) in [5.41, 5.74) is 4.65. The van der Waals surface area contributed by atoms with Gasteiger partial charge in [0, 0.05) is 23.2 Å². The standard InChI is InChI=1S/C22H16N4O2S/c1-14-5-7-15(8-6-14)17-12-29-21-20(17)23-13-25(22(21)28)11-16-10-19(27)26-9-3-2-4-18(26)24-16/h2-10,12-13H,11H2,1H3. The highest BCUT2D eigenvalue weighted by Crippen LogP contribution is 2.30. The number of nitrogens with zero attached hydrogens (tertiary/aromatic N) is 4. The number of hydrogen-bond donors (Lipinski definition) is 0. The van der Waals surface area contributed by atoms with E-state index in [2.05, 4.69) is 9.97 Å². The zero-order valence-corrected chi connectivity index (χ0v) is 16.4. The molecule has 0 aliphatic heterocycles. The van der Waals surface area contributed by atoms with Crippen molar-refractivity contribution in [3.8, 4) is 11.1 Å². The summed E-state index contributed by atoms with van der Waals surface area (Å²) >= 11 is 1.39. The number of aromatic nitrogens is 4.